The molecule has 0 saturated carbocycles. The third-order valence-electron chi connectivity index (χ3n) is 3.58. The van der Waals surface area contributed by atoms with E-state index in [0.717, 1.165) is 22.2 Å². The van der Waals surface area contributed by atoms with E-state index in [1.54, 1.807) is 0 Å². The summed E-state index contributed by atoms with van der Waals surface area (Å²) in [6.45, 7) is 0. The van der Waals surface area contributed by atoms with Crippen molar-refractivity contribution in [1.29, 1.82) is 0 Å². The first-order chi connectivity index (χ1) is 9.90. The van der Waals surface area contributed by atoms with Gasteiger partial charge in [0, 0.05) is 10.9 Å². The van der Waals surface area contributed by atoms with Gasteiger partial charge in [-0.3, -0.25) is 0 Å². The Morgan fingerprint density at radius 3 is 2.55 bits per heavy atom. The Bertz CT molecular complexity index is 832. The molecule has 0 aliphatic rings. The highest BCUT2D eigenvalue weighted by Crippen LogP contribution is 2.24. The van der Waals surface area contributed by atoms with Crippen molar-refractivity contribution in [3.63, 3.8) is 0 Å². The molecule has 0 amide bonds. The lowest BCUT2D eigenvalue weighted by atomic mass is 10.0. The number of pyridine rings is 1. The Labute approximate surface area is 117 Å². The fraction of sp³-hybridized carbons (Fsp3) is 0. The monoisotopic (exact) mass is 254 g/mol. The molecule has 1 heteroatoms. The summed E-state index contributed by atoms with van der Waals surface area (Å²) < 4.78 is 0. The van der Waals surface area contributed by atoms with Gasteiger partial charge in [0.05, 0.1) is 11.2 Å². The summed E-state index contributed by atoms with van der Waals surface area (Å²) in [5.41, 5.74) is 3.13. The number of aromatic nitrogens is 1. The number of hydrogen-bond donors (Lipinski definition) is 0. The third-order valence-corrected chi connectivity index (χ3v) is 3.58. The summed E-state index contributed by atoms with van der Waals surface area (Å²) in [6.07, 6.45) is 0. The molecule has 1 nitrogen and oxygen atoms in total. The average molecular weight is 254 g/mol. The quantitative estimate of drug-likeness (QED) is 0.473. The van der Waals surface area contributed by atoms with Crippen molar-refractivity contribution in [1.82, 2.24) is 4.98 Å². The van der Waals surface area contributed by atoms with Crippen molar-refractivity contribution in [2.45, 2.75) is 0 Å². The van der Waals surface area contributed by atoms with E-state index in [9.17, 15) is 0 Å². The number of rotatable bonds is 1. The maximum absolute atomic E-state index is 4.72. The van der Waals surface area contributed by atoms with Gasteiger partial charge in [0.1, 0.15) is 0 Å². The number of benzene rings is 3. The largest absolute Gasteiger partial charge is 0.248 e. The molecule has 0 saturated heterocycles. The van der Waals surface area contributed by atoms with Gasteiger partial charge in [-0.2, -0.15) is 0 Å². The molecular weight excluding hydrogens is 242 g/mol. The fourth-order valence-corrected chi connectivity index (χ4v) is 2.52. The van der Waals surface area contributed by atoms with Gasteiger partial charge in [0.25, 0.3) is 0 Å². The van der Waals surface area contributed by atoms with Gasteiger partial charge in [0.15, 0.2) is 0 Å². The molecular formula is C19H12N. The smallest absolute Gasteiger partial charge is 0.0715 e. The lowest BCUT2D eigenvalue weighted by molar-refractivity contribution is 1.40. The molecule has 1 aromatic heterocycles. The van der Waals surface area contributed by atoms with Crippen molar-refractivity contribution in [2.75, 3.05) is 0 Å². The van der Waals surface area contributed by atoms with Gasteiger partial charge >= 0.3 is 0 Å². The minimum atomic E-state index is 0.984. The second-order valence-corrected chi connectivity index (χ2v) is 4.88. The van der Waals surface area contributed by atoms with Gasteiger partial charge in [0.2, 0.25) is 0 Å². The lowest BCUT2D eigenvalue weighted by Crippen LogP contribution is -1.85. The number of fused-ring (bicyclic) bond motifs is 2. The standard InChI is InChI=1S/C19H12N/c1-2-7-16-13-17(10-9-14(16)5-1)19-12-11-15-6-3-4-8-18(15)20-19/h1-3,5-13H. The summed E-state index contributed by atoms with van der Waals surface area (Å²) >= 11 is 0. The van der Waals surface area contributed by atoms with Crippen LogP contribution >= 0.6 is 0 Å². The van der Waals surface area contributed by atoms with Crippen LogP contribution < -0.4 is 0 Å². The Hall–Kier alpha value is -2.67. The SMILES string of the molecule is [c]1ccc2ccc(-c3ccc4ccccc4c3)nc2c1. The summed E-state index contributed by atoms with van der Waals surface area (Å²) in [4.78, 5) is 4.72. The average Bonchev–Trinajstić information content (AvgIpc) is 2.54. The van der Waals surface area contributed by atoms with Crippen LogP contribution in [0.2, 0.25) is 0 Å². The van der Waals surface area contributed by atoms with E-state index < -0.39 is 0 Å². The van der Waals surface area contributed by atoms with Gasteiger partial charge in [-0.15, -0.1) is 0 Å². The molecule has 0 bridgehead atoms. The zero-order valence-corrected chi connectivity index (χ0v) is 10.9. The molecule has 1 radical (unpaired) electrons. The van der Waals surface area contributed by atoms with E-state index in [0.29, 0.717) is 0 Å². The van der Waals surface area contributed by atoms with Gasteiger partial charge < -0.3 is 0 Å². The molecule has 0 aliphatic carbocycles. The second kappa shape index (κ2) is 4.46. The highest BCUT2D eigenvalue weighted by molar-refractivity contribution is 5.88. The summed E-state index contributed by atoms with van der Waals surface area (Å²) in [5, 5.41) is 3.64. The van der Waals surface area contributed by atoms with Gasteiger partial charge in [-0.1, -0.05) is 54.6 Å². The maximum atomic E-state index is 4.72. The minimum Gasteiger partial charge on any atom is -0.248 e. The van der Waals surface area contributed by atoms with E-state index in [4.69, 9.17) is 4.98 Å². The van der Waals surface area contributed by atoms with E-state index in [2.05, 4.69) is 60.7 Å². The normalized spacial score (nSPS) is 11.0. The Balaban J connectivity index is 1.91. The molecule has 4 aromatic rings. The summed E-state index contributed by atoms with van der Waals surface area (Å²) in [5.74, 6) is 0. The minimum absolute atomic E-state index is 0.984. The van der Waals surface area contributed by atoms with E-state index in [-0.39, 0.29) is 0 Å². The second-order valence-electron chi connectivity index (χ2n) is 4.88. The first-order valence-electron chi connectivity index (χ1n) is 6.66. The lowest BCUT2D eigenvalue weighted by Gasteiger charge is -2.05. The molecule has 3 aromatic carbocycles. The van der Waals surface area contributed by atoms with Gasteiger partial charge in [-0.25, -0.2) is 4.98 Å². The Kier molecular flexibility index (Phi) is 2.49. The van der Waals surface area contributed by atoms with Crippen LogP contribution in [-0.4, -0.2) is 4.98 Å². The van der Waals surface area contributed by atoms with Crippen molar-refractivity contribution < 1.29 is 0 Å². The first kappa shape index (κ1) is 11.2. The van der Waals surface area contributed by atoms with Crippen molar-refractivity contribution in [2.24, 2.45) is 0 Å². The summed E-state index contributed by atoms with van der Waals surface area (Å²) in [6, 6.07) is 28.0. The van der Waals surface area contributed by atoms with Crippen LogP contribution in [0.25, 0.3) is 32.9 Å². The predicted molar refractivity (Wildman–Crippen MR) is 83.5 cm³/mol. The molecule has 93 valence electrons. The molecule has 0 N–H and O–H groups in total. The van der Waals surface area contributed by atoms with Crippen LogP contribution in [-0.2, 0) is 0 Å². The van der Waals surface area contributed by atoms with Gasteiger partial charge in [-0.05, 0) is 35.0 Å². The van der Waals surface area contributed by atoms with Crippen LogP contribution in [0.15, 0.2) is 72.8 Å². The molecule has 4 rings (SSSR count). The predicted octanol–water partition coefficient (Wildman–Crippen LogP) is 4.86. The third kappa shape index (κ3) is 1.84. The van der Waals surface area contributed by atoms with Crippen LogP contribution in [0.1, 0.15) is 0 Å². The zero-order valence-electron chi connectivity index (χ0n) is 10.9. The molecule has 0 spiro atoms. The molecule has 20 heavy (non-hydrogen) atoms. The Morgan fingerprint density at radius 1 is 0.750 bits per heavy atom. The molecule has 0 aliphatic heterocycles. The van der Waals surface area contributed by atoms with Crippen LogP contribution in [0.5, 0.6) is 0 Å². The van der Waals surface area contributed by atoms with Crippen LogP contribution in [0, 0.1) is 6.07 Å². The van der Waals surface area contributed by atoms with Crippen LogP contribution in [0.4, 0.5) is 0 Å². The Morgan fingerprint density at radius 2 is 1.60 bits per heavy atom. The zero-order chi connectivity index (χ0) is 13.4. The maximum Gasteiger partial charge on any atom is 0.0715 e. The van der Waals surface area contributed by atoms with E-state index >= 15 is 0 Å². The number of hydrogen-bond acceptors (Lipinski definition) is 1. The molecule has 0 unspecified atom stereocenters. The van der Waals surface area contributed by atoms with E-state index in [1.807, 2.05) is 18.2 Å². The molecule has 0 fully saturated rings. The number of nitrogens with zero attached hydrogens (tertiary/aromatic N) is 1. The summed E-state index contributed by atoms with van der Waals surface area (Å²) in [7, 11) is 0. The topological polar surface area (TPSA) is 12.9 Å². The highest BCUT2D eigenvalue weighted by atomic mass is 14.7. The van der Waals surface area contributed by atoms with E-state index in [1.165, 1.54) is 10.8 Å². The first-order valence-corrected chi connectivity index (χ1v) is 6.66. The van der Waals surface area contributed by atoms with Crippen molar-refractivity contribution in [3.8, 4) is 11.3 Å². The fourth-order valence-electron chi connectivity index (χ4n) is 2.52. The molecule has 1 heterocycles. The van der Waals surface area contributed by atoms with Crippen molar-refractivity contribution >= 4 is 21.7 Å². The van der Waals surface area contributed by atoms with Crippen LogP contribution in [0.3, 0.4) is 0 Å². The molecule has 0 atom stereocenters. The van der Waals surface area contributed by atoms with Crippen molar-refractivity contribution in [3.05, 3.63) is 78.9 Å². The highest BCUT2D eigenvalue weighted by Gasteiger charge is 2.02.